The molecule has 32 heavy (non-hydrogen) atoms. The number of hydrogen-bond donors (Lipinski definition) is 2. The summed E-state index contributed by atoms with van der Waals surface area (Å²) in [6.07, 6.45) is 0. The minimum absolute atomic E-state index is 0.0907. The van der Waals surface area contributed by atoms with Crippen LogP contribution < -0.4 is 15.5 Å². The van der Waals surface area contributed by atoms with Gasteiger partial charge in [0, 0.05) is 36.1 Å². The van der Waals surface area contributed by atoms with Crippen molar-refractivity contribution in [3.8, 4) is 0 Å². The first-order valence-electron chi connectivity index (χ1n) is 10.1. The molecule has 1 saturated heterocycles. The van der Waals surface area contributed by atoms with Crippen LogP contribution in [0.2, 0.25) is 0 Å². The Balaban J connectivity index is 1.51. The van der Waals surface area contributed by atoms with Crippen LogP contribution in [0.25, 0.3) is 0 Å². The van der Waals surface area contributed by atoms with E-state index in [1.54, 1.807) is 36.4 Å². The quantitative estimate of drug-likeness (QED) is 0.434. The zero-order valence-electron chi connectivity index (χ0n) is 17.1. The maximum absolute atomic E-state index is 14.6. The standard InChI is InChI=1S/C23H21FN4O4/c24-19-15-18(7-9-21(19)27-10-12-32-13-11-27)26-23(29)16-6-8-20(22(14-16)28(30)31)25-17-4-2-1-3-5-17/h1-9,14-15,25H,10-13H2,(H,26,29). The van der Waals surface area contributed by atoms with Crippen molar-refractivity contribution >= 4 is 34.3 Å². The van der Waals surface area contributed by atoms with E-state index in [0.29, 0.717) is 37.7 Å². The molecule has 0 unspecified atom stereocenters. The van der Waals surface area contributed by atoms with Crippen LogP contribution in [0, 0.1) is 15.9 Å². The van der Waals surface area contributed by atoms with E-state index in [0.717, 1.165) is 0 Å². The smallest absolute Gasteiger partial charge is 0.293 e. The number of para-hydroxylation sites is 1. The first-order chi connectivity index (χ1) is 15.5. The average Bonchev–Trinajstić information content (AvgIpc) is 2.80. The van der Waals surface area contributed by atoms with E-state index in [-0.39, 0.29) is 22.6 Å². The third kappa shape index (κ3) is 4.84. The number of nitrogens with zero attached hydrogens (tertiary/aromatic N) is 2. The molecule has 9 heteroatoms. The lowest BCUT2D eigenvalue weighted by Gasteiger charge is -2.29. The lowest BCUT2D eigenvalue weighted by molar-refractivity contribution is -0.383. The predicted octanol–water partition coefficient (Wildman–Crippen LogP) is 4.57. The number of anilines is 4. The minimum atomic E-state index is -0.571. The normalized spacial score (nSPS) is 13.5. The summed E-state index contributed by atoms with van der Waals surface area (Å²) in [6, 6.07) is 17.6. The molecular formula is C23H21FN4O4. The number of carbonyl (C=O) groups is 1. The predicted molar refractivity (Wildman–Crippen MR) is 120 cm³/mol. The molecule has 1 aliphatic heterocycles. The Labute approximate surface area is 183 Å². The summed E-state index contributed by atoms with van der Waals surface area (Å²) in [6.45, 7) is 2.25. The molecule has 0 bridgehead atoms. The fourth-order valence-corrected chi connectivity index (χ4v) is 3.46. The summed E-state index contributed by atoms with van der Waals surface area (Å²) in [4.78, 5) is 25.5. The van der Waals surface area contributed by atoms with E-state index in [1.807, 2.05) is 11.0 Å². The number of halogens is 1. The molecule has 164 valence electrons. The Bertz CT molecular complexity index is 1130. The van der Waals surface area contributed by atoms with Gasteiger partial charge in [0.2, 0.25) is 0 Å². The molecule has 0 aliphatic carbocycles. The van der Waals surface area contributed by atoms with Crippen LogP contribution in [0.5, 0.6) is 0 Å². The third-order valence-electron chi connectivity index (χ3n) is 5.07. The van der Waals surface area contributed by atoms with Crippen molar-refractivity contribution < 1.29 is 18.8 Å². The Kier molecular flexibility index (Phi) is 6.27. The number of nitro groups is 1. The summed E-state index contributed by atoms with van der Waals surface area (Å²) in [7, 11) is 0. The van der Waals surface area contributed by atoms with Crippen molar-refractivity contribution in [1.82, 2.24) is 0 Å². The summed E-state index contributed by atoms with van der Waals surface area (Å²) in [5.41, 5.74) is 1.50. The second-order valence-corrected chi connectivity index (χ2v) is 7.20. The molecule has 0 spiro atoms. The van der Waals surface area contributed by atoms with Crippen LogP contribution in [0.3, 0.4) is 0 Å². The fraction of sp³-hybridized carbons (Fsp3) is 0.174. The van der Waals surface area contributed by atoms with E-state index in [2.05, 4.69) is 10.6 Å². The number of morpholine rings is 1. The summed E-state index contributed by atoms with van der Waals surface area (Å²) < 4.78 is 19.9. The lowest BCUT2D eigenvalue weighted by atomic mass is 10.1. The number of nitrogens with one attached hydrogen (secondary N) is 2. The Morgan fingerprint density at radius 3 is 2.44 bits per heavy atom. The second kappa shape index (κ2) is 9.44. The molecule has 0 atom stereocenters. The summed E-state index contributed by atoms with van der Waals surface area (Å²) in [5, 5.41) is 17.1. The Morgan fingerprint density at radius 2 is 1.75 bits per heavy atom. The summed E-state index contributed by atoms with van der Waals surface area (Å²) in [5.74, 6) is -1.03. The molecule has 1 amide bonds. The highest BCUT2D eigenvalue weighted by Gasteiger charge is 2.19. The number of carbonyl (C=O) groups excluding carboxylic acids is 1. The van der Waals surface area contributed by atoms with Gasteiger partial charge in [0.25, 0.3) is 11.6 Å². The highest BCUT2D eigenvalue weighted by molar-refractivity contribution is 6.05. The molecule has 0 saturated carbocycles. The van der Waals surface area contributed by atoms with Gasteiger partial charge in [-0.05, 0) is 42.5 Å². The van der Waals surface area contributed by atoms with Crippen LogP contribution in [-0.4, -0.2) is 37.1 Å². The monoisotopic (exact) mass is 436 g/mol. The number of ether oxygens (including phenoxy) is 1. The van der Waals surface area contributed by atoms with Crippen LogP contribution in [-0.2, 0) is 4.74 Å². The van der Waals surface area contributed by atoms with Gasteiger partial charge in [0.15, 0.2) is 0 Å². The van der Waals surface area contributed by atoms with Gasteiger partial charge in [-0.1, -0.05) is 18.2 Å². The molecule has 1 heterocycles. The molecule has 3 aromatic carbocycles. The first kappa shape index (κ1) is 21.3. The van der Waals surface area contributed by atoms with E-state index in [9.17, 15) is 19.3 Å². The van der Waals surface area contributed by atoms with Crippen molar-refractivity contribution in [1.29, 1.82) is 0 Å². The van der Waals surface area contributed by atoms with Gasteiger partial charge in [0.1, 0.15) is 11.5 Å². The first-order valence-corrected chi connectivity index (χ1v) is 10.1. The molecular weight excluding hydrogens is 415 g/mol. The minimum Gasteiger partial charge on any atom is -0.378 e. The topological polar surface area (TPSA) is 96.7 Å². The van der Waals surface area contributed by atoms with Gasteiger partial charge in [-0.25, -0.2) is 4.39 Å². The SMILES string of the molecule is O=C(Nc1ccc(N2CCOCC2)c(F)c1)c1ccc(Nc2ccccc2)c([N+](=O)[O-])c1. The second-order valence-electron chi connectivity index (χ2n) is 7.20. The van der Waals surface area contributed by atoms with Crippen LogP contribution in [0.15, 0.2) is 66.7 Å². The number of nitro benzene ring substituents is 1. The number of benzene rings is 3. The number of hydrogen-bond acceptors (Lipinski definition) is 6. The van der Waals surface area contributed by atoms with Crippen molar-refractivity contribution in [3.05, 3.63) is 88.2 Å². The molecule has 1 fully saturated rings. The molecule has 0 aromatic heterocycles. The molecule has 3 aromatic rings. The van der Waals surface area contributed by atoms with Crippen molar-refractivity contribution in [2.24, 2.45) is 0 Å². The maximum atomic E-state index is 14.6. The van der Waals surface area contributed by atoms with Gasteiger partial charge in [-0.2, -0.15) is 0 Å². The zero-order chi connectivity index (χ0) is 22.5. The van der Waals surface area contributed by atoms with Crippen molar-refractivity contribution in [3.63, 3.8) is 0 Å². The average molecular weight is 436 g/mol. The largest absolute Gasteiger partial charge is 0.378 e. The van der Waals surface area contributed by atoms with Crippen LogP contribution in [0.4, 0.5) is 32.8 Å². The van der Waals surface area contributed by atoms with Gasteiger partial charge >= 0.3 is 0 Å². The molecule has 0 radical (unpaired) electrons. The Morgan fingerprint density at radius 1 is 1.00 bits per heavy atom. The Hall–Kier alpha value is -3.98. The van der Waals surface area contributed by atoms with E-state index >= 15 is 0 Å². The van der Waals surface area contributed by atoms with Crippen molar-refractivity contribution in [2.45, 2.75) is 0 Å². The maximum Gasteiger partial charge on any atom is 0.293 e. The van der Waals surface area contributed by atoms with Gasteiger partial charge in [-0.3, -0.25) is 14.9 Å². The van der Waals surface area contributed by atoms with Crippen LogP contribution in [0.1, 0.15) is 10.4 Å². The summed E-state index contributed by atoms with van der Waals surface area (Å²) >= 11 is 0. The van der Waals surface area contributed by atoms with Gasteiger partial charge in [0.05, 0.1) is 23.8 Å². The molecule has 4 rings (SSSR count). The molecule has 8 nitrogen and oxygen atoms in total. The lowest BCUT2D eigenvalue weighted by Crippen LogP contribution is -2.36. The van der Waals surface area contributed by atoms with Crippen molar-refractivity contribution in [2.75, 3.05) is 41.8 Å². The van der Waals surface area contributed by atoms with E-state index in [4.69, 9.17) is 4.74 Å². The third-order valence-corrected chi connectivity index (χ3v) is 5.07. The van der Waals surface area contributed by atoms with E-state index < -0.39 is 16.6 Å². The fourth-order valence-electron chi connectivity index (χ4n) is 3.46. The number of amides is 1. The number of rotatable bonds is 6. The van der Waals surface area contributed by atoms with Gasteiger partial charge in [-0.15, -0.1) is 0 Å². The van der Waals surface area contributed by atoms with Crippen LogP contribution >= 0.6 is 0 Å². The molecule has 2 N–H and O–H groups in total. The zero-order valence-corrected chi connectivity index (χ0v) is 17.1. The van der Waals surface area contributed by atoms with Gasteiger partial charge < -0.3 is 20.3 Å². The highest BCUT2D eigenvalue weighted by Crippen LogP contribution is 2.29. The van der Waals surface area contributed by atoms with E-state index in [1.165, 1.54) is 24.3 Å². The highest BCUT2D eigenvalue weighted by atomic mass is 19.1. The molecule has 1 aliphatic rings.